The van der Waals surface area contributed by atoms with Gasteiger partial charge in [0.1, 0.15) is 11.9 Å². The molecule has 7 nitrogen and oxygen atoms in total. The molecule has 2 aliphatic rings. The second-order valence-electron chi connectivity index (χ2n) is 8.25. The van der Waals surface area contributed by atoms with E-state index in [1.54, 1.807) is 6.92 Å². The van der Waals surface area contributed by atoms with Crippen LogP contribution in [0.3, 0.4) is 0 Å². The minimum absolute atomic E-state index is 0.00104. The van der Waals surface area contributed by atoms with Gasteiger partial charge in [-0.05, 0) is 57.7 Å². The summed E-state index contributed by atoms with van der Waals surface area (Å²) in [5, 5.41) is 10.2. The van der Waals surface area contributed by atoms with E-state index >= 15 is 0 Å². The second kappa shape index (κ2) is 9.67. The maximum Gasteiger partial charge on any atom is 0.244 e. The van der Waals surface area contributed by atoms with Crippen molar-refractivity contribution in [2.45, 2.75) is 83.7 Å². The van der Waals surface area contributed by atoms with Gasteiger partial charge in [0.25, 0.3) is 0 Å². The van der Waals surface area contributed by atoms with E-state index in [1.807, 2.05) is 16.4 Å². The summed E-state index contributed by atoms with van der Waals surface area (Å²) in [6, 6.07) is -0.484. The molecule has 1 aromatic rings. The lowest BCUT2D eigenvalue weighted by Gasteiger charge is -2.34. The molecule has 1 saturated carbocycles. The number of aromatic nitrogens is 3. The molecule has 0 radical (unpaired) electrons. The number of amides is 2. The zero-order valence-electron chi connectivity index (χ0n) is 17.1. The third kappa shape index (κ3) is 5.01. The van der Waals surface area contributed by atoms with Crippen LogP contribution >= 0.6 is 12.2 Å². The lowest BCUT2D eigenvalue weighted by Crippen LogP contribution is -2.50. The molecular weight excluding hydrogens is 374 g/mol. The van der Waals surface area contributed by atoms with E-state index in [0.29, 0.717) is 23.7 Å². The lowest BCUT2D eigenvalue weighted by molar-refractivity contribution is -0.137. The first-order chi connectivity index (χ1) is 13.5. The van der Waals surface area contributed by atoms with Crippen LogP contribution in [0.15, 0.2) is 0 Å². The highest BCUT2D eigenvalue weighted by atomic mass is 32.1. The molecule has 2 N–H and O–H groups in total. The molecule has 3 rings (SSSR count). The van der Waals surface area contributed by atoms with E-state index < -0.39 is 6.04 Å². The molecule has 8 heteroatoms. The number of hydrogen-bond donors (Lipinski definition) is 2. The van der Waals surface area contributed by atoms with Crippen LogP contribution in [0.25, 0.3) is 0 Å². The summed E-state index contributed by atoms with van der Waals surface area (Å²) < 4.78 is 2.63. The van der Waals surface area contributed by atoms with E-state index in [4.69, 9.17) is 12.2 Å². The Morgan fingerprint density at radius 2 is 2.00 bits per heavy atom. The van der Waals surface area contributed by atoms with Gasteiger partial charge in [-0.25, -0.2) is 0 Å². The first kappa shape index (κ1) is 21.0. The highest BCUT2D eigenvalue weighted by molar-refractivity contribution is 7.71. The van der Waals surface area contributed by atoms with Crippen LogP contribution in [-0.2, 0) is 16.1 Å². The Labute approximate surface area is 172 Å². The fourth-order valence-electron chi connectivity index (χ4n) is 4.62. The van der Waals surface area contributed by atoms with Gasteiger partial charge in [0.15, 0.2) is 4.77 Å². The Morgan fingerprint density at radius 3 is 2.71 bits per heavy atom. The van der Waals surface area contributed by atoms with Crippen LogP contribution in [0, 0.1) is 10.7 Å². The second-order valence-corrected chi connectivity index (χ2v) is 8.64. The maximum atomic E-state index is 12.9. The smallest absolute Gasteiger partial charge is 0.244 e. The van der Waals surface area contributed by atoms with E-state index in [2.05, 4.69) is 15.5 Å². The summed E-state index contributed by atoms with van der Waals surface area (Å²) in [5.41, 5.74) is 0. The van der Waals surface area contributed by atoms with Crippen molar-refractivity contribution in [1.29, 1.82) is 0 Å². The molecule has 28 heavy (non-hydrogen) atoms. The van der Waals surface area contributed by atoms with Gasteiger partial charge in [0.2, 0.25) is 11.8 Å². The molecule has 1 aliphatic heterocycles. The Morgan fingerprint density at radius 1 is 1.25 bits per heavy atom. The highest BCUT2D eigenvalue weighted by Gasteiger charge is 2.30. The third-order valence-corrected chi connectivity index (χ3v) is 6.46. The van der Waals surface area contributed by atoms with Gasteiger partial charge < -0.3 is 14.8 Å². The summed E-state index contributed by atoms with van der Waals surface area (Å²) in [6.45, 7) is 5.97. The molecule has 2 heterocycles. The fourth-order valence-corrected chi connectivity index (χ4v) is 4.89. The van der Waals surface area contributed by atoms with Crippen LogP contribution in [0.5, 0.6) is 0 Å². The van der Waals surface area contributed by atoms with Crippen LogP contribution in [0.2, 0.25) is 0 Å². The summed E-state index contributed by atoms with van der Waals surface area (Å²) in [6.07, 6.45) is 8.46. The molecule has 156 valence electrons. The van der Waals surface area contributed by atoms with Gasteiger partial charge in [-0.1, -0.05) is 19.3 Å². The molecule has 2 fully saturated rings. The number of aromatic amines is 1. The number of carbonyl (C=O) groups excluding carboxylic acids is 2. The van der Waals surface area contributed by atoms with Gasteiger partial charge >= 0.3 is 0 Å². The molecule has 2 amide bonds. The largest absolute Gasteiger partial charge is 0.345 e. The zero-order valence-corrected chi connectivity index (χ0v) is 17.9. The molecule has 2 atom stereocenters. The summed E-state index contributed by atoms with van der Waals surface area (Å²) in [4.78, 5) is 27.2. The van der Waals surface area contributed by atoms with Crippen molar-refractivity contribution in [3.05, 3.63) is 10.6 Å². The van der Waals surface area contributed by atoms with Gasteiger partial charge in [-0.15, -0.1) is 0 Å². The minimum Gasteiger partial charge on any atom is -0.345 e. The zero-order chi connectivity index (χ0) is 20.1. The van der Waals surface area contributed by atoms with Gasteiger partial charge in [0.05, 0.1) is 0 Å². The van der Waals surface area contributed by atoms with Crippen molar-refractivity contribution in [2.24, 2.45) is 5.92 Å². The molecule has 1 aromatic heterocycles. The number of likely N-dealkylation sites (tertiary alicyclic amines) is 1. The Bertz CT molecular complexity index is 737. The Balaban J connectivity index is 1.55. The number of nitrogens with one attached hydrogen (secondary N) is 2. The number of H-pyrrole nitrogens is 1. The van der Waals surface area contributed by atoms with E-state index in [1.165, 1.54) is 19.3 Å². The summed E-state index contributed by atoms with van der Waals surface area (Å²) in [7, 11) is 0. The van der Waals surface area contributed by atoms with Crippen molar-refractivity contribution < 1.29 is 9.59 Å². The Hall–Kier alpha value is -1.70. The first-order valence-corrected chi connectivity index (χ1v) is 11.1. The van der Waals surface area contributed by atoms with Crippen LogP contribution in [0.1, 0.15) is 77.0 Å². The third-order valence-electron chi connectivity index (χ3n) is 6.15. The molecule has 0 aromatic carbocycles. The van der Waals surface area contributed by atoms with Gasteiger partial charge in [0, 0.05) is 32.0 Å². The molecule has 0 spiro atoms. The molecule has 2 unspecified atom stereocenters. The predicted molar refractivity (Wildman–Crippen MR) is 110 cm³/mol. The quantitative estimate of drug-likeness (QED) is 0.710. The first-order valence-electron chi connectivity index (χ1n) is 10.7. The molecular formula is C20H33N5O2S. The monoisotopic (exact) mass is 407 g/mol. The number of rotatable bonds is 6. The van der Waals surface area contributed by atoms with E-state index in [9.17, 15) is 9.59 Å². The molecule has 0 bridgehead atoms. The molecule has 1 saturated heterocycles. The van der Waals surface area contributed by atoms with E-state index in [0.717, 1.165) is 44.6 Å². The average molecular weight is 408 g/mol. The topological polar surface area (TPSA) is 83.0 Å². The minimum atomic E-state index is -0.484. The van der Waals surface area contributed by atoms with Crippen molar-refractivity contribution in [3.63, 3.8) is 0 Å². The standard InChI is InChI=1S/C20H33N5O2S/c1-3-25-18(22-23-20(25)28)16-10-7-11-24(13-16)19(27)14(2)21-17(26)12-15-8-5-4-6-9-15/h14-16H,3-13H2,1-2H3,(H,21,26)(H,23,28). The van der Waals surface area contributed by atoms with Crippen LogP contribution < -0.4 is 5.32 Å². The summed E-state index contributed by atoms with van der Waals surface area (Å²) >= 11 is 5.30. The van der Waals surface area contributed by atoms with Crippen molar-refractivity contribution >= 4 is 24.0 Å². The van der Waals surface area contributed by atoms with Crippen molar-refractivity contribution in [2.75, 3.05) is 13.1 Å². The number of carbonyl (C=O) groups is 2. The molecule has 1 aliphatic carbocycles. The number of hydrogen-bond acceptors (Lipinski definition) is 4. The predicted octanol–water partition coefficient (Wildman–Crippen LogP) is 3.14. The van der Waals surface area contributed by atoms with Gasteiger partial charge in [-0.3, -0.25) is 14.7 Å². The number of nitrogens with zero attached hydrogens (tertiary/aromatic N) is 3. The number of piperidine rings is 1. The van der Waals surface area contributed by atoms with E-state index in [-0.39, 0.29) is 17.7 Å². The van der Waals surface area contributed by atoms with Crippen LogP contribution in [-0.4, -0.2) is 50.6 Å². The summed E-state index contributed by atoms with van der Waals surface area (Å²) in [5.74, 6) is 1.59. The van der Waals surface area contributed by atoms with Gasteiger partial charge in [-0.2, -0.15) is 5.10 Å². The maximum absolute atomic E-state index is 12.9. The Kier molecular flexibility index (Phi) is 7.26. The van der Waals surface area contributed by atoms with Crippen LogP contribution in [0.4, 0.5) is 0 Å². The lowest BCUT2D eigenvalue weighted by atomic mass is 9.87. The SMILES string of the molecule is CCn1c(C2CCCN(C(=O)C(C)NC(=O)CC3CCCCC3)C2)n[nH]c1=S. The highest BCUT2D eigenvalue weighted by Crippen LogP contribution is 2.27. The van der Waals surface area contributed by atoms with Crippen molar-refractivity contribution in [1.82, 2.24) is 25.0 Å². The average Bonchev–Trinajstić information content (AvgIpc) is 3.08. The normalized spacial score (nSPS) is 22.1. The van der Waals surface area contributed by atoms with Crippen molar-refractivity contribution in [3.8, 4) is 0 Å². The fraction of sp³-hybridized carbons (Fsp3) is 0.800.